The number of rotatable bonds is 5. The van der Waals surface area contributed by atoms with E-state index in [1.807, 2.05) is 0 Å². The van der Waals surface area contributed by atoms with Crippen LogP contribution in [-0.2, 0) is 4.74 Å². The van der Waals surface area contributed by atoms with E-state index in [-0.39, 0.29) is 12.2 Å². The molecule has 0 radical (unpaired) electrons. The zero-order valence-electron chi connectivity index (χ0n) is 8.12. The fourth-order valence-electron chi connectivity index (χ4n) is 1.54. The van der Waals surface area contributed by atoms with Crippen LogP contribution in [0.2, 0.25) is 0 Å². The first-order valence-corrected chi connectivity index (χ1v) is 4.80. The summed E-state index contributed by atoms with van der Waals surface area (Å²) in [6.07, 6.45) is 1.51. The molecule has 0 aromatic rings. The molecule has 2 atom stereocenters. The molecule has 1 heterocycles. The van der Waals surface area contributed by atoms with Gasteiger partial charge in [-0.25, -0.2) is 0 Å². The van der Waals surface area contributed by atoms with E-state index >= 15 is 0 Å². The molecule has 0 aromatic carbocycles. The number of aliphatic hydroxyl groups is 2. The third kappa shape index (κ3) is 3.60. The second-order valence-corrected chi connectivity index (χ2v) is 3.87. The highest BCUT2D eigenvalue weighted by Gasteiger charge is 2.29. The molecule has 0 aromatic heterocycles. The van der Waals surface area contributed by atoms with Gasteiger partial charge in [-0.3, -0.25) is 0 Å². The van der Waals surface area contributed by atoms with E-state index in [1.54, 1.807) is 0 Å². The molecule has 0 amide bonds. The summed E-state index contributed by atoms with van der Waals surface area (Å²) < 4.78 is 5.55. The van der Waals surface area contributed by atoms with Crippen molar-refractivity contribution in [2.24, 2.45) is 0 Å². The molecule has 1 aliphatic heterocycles. The van der Waals surface area contributed by atoms with Crippen LogP contribution in [0, 0.1) is 0 Å². The first kappa shape index (κ1) is 10.9. The predicted octanol–water partition coefficient (Wildman–Crippen LogP) is -0.502. The van der Waals surface area contributed by atoms with E-state index in [4.69, 9.17) is 14.9 Å². The van der Waals surface area contributed by atoms with Gasteiger partial charge in [0.25, 0.3) is 0 Å². The molecule has 4 nitrogen and oxygen atoms in total. The standard InChI is InChI=1S/C9H19NO3/c1-9(3-2-4-13-9)7-10-5-8(12)6-11/h8,10-12H,2-7H2,1H3/t8-,9?/m0/s1. The maximum Gasteiger partial charge on any atom is 0.0894 e. The van der Waals surface area contributed by atoms with Gasteiger partial charge >= 0.3 is 0 Å². The largest absolute Gasteiger partial charge is 0.394 e. The summed E-state index contributed by atoms with van der Waals surface area (Å²) in [5.41, 5.74) is -0.0742. The molecule has 0 bridgehead atoms. The Kier molecular flexibility index (Phi) is 4.12. The third-order valence-corrected chi connectivity index (χ3v) is 2.39. The molecule has 78 valence electrons. The quantitative estimate of drug-likeness (QED) is 0.545. The van der Waals surface area contributed by atoms with Gasteiger partial charge in [0.05, 0.1) is 18.3 Å². The summed E-state index contributed by atoms with van der Waals surface area (Å²) in [7, 11) is 0. The molecule has 13 heavy (non-hydrogen) atoms. The lowest BCUT2D eigenvalue weighted by molar-refractivity contribution is 0.0164. The van der Waals surface area contributed by atoms with E-state index in [9.17, 15) is 0 Å². The Hall–Kier alpha value is -0.160. The minimum absolute atomic E-state index is 0.0742. The van der Waals surface area contributed by atoms with Gasteiger partial charge in [0, 0.05) is 19.7 Å². The van der Waals surface area contributed by atoms with E-state index in [0.717, 1.165) is 26.0 Å². The number of hydrogen-bond donors (Lipinski definition) is 3. The zero-order valence-corrected chi connectivity index (χ0v) is 8.12. The van der Waals surface area contributed by atoms with Gasteiger partial charge in [0.2, 0.25) is 0 Å². The molecule has 1 rings (SSSR count). The van der Waals surface area contributed by atoms with Crippen LogP contribution < -0.4 is 5.32 Å². The highest BCUT2D eigenvalue weighted by atomic mass is 16.5. The van der Waals surface area contributed by atoms with Crippen LogP contribution in [0.4, 0.5) is 0 Å². The lowest BCUT2D eigenvalue weighted by Gasteiger charge is -2.24. The topological polar surface area (TPSA) is 61.7 Å². The molecule has 1 aliphatic rings. The molecule has 1 unspecified atom stereocenters. The second kappa shape index (κ2) is 4.91. The molecule has 0 saturated carbocycles. The third-order valence-electron chi connectivity index (χ3n) is 2.39. The Labute approximate surface area is 78.9 Å². The van der Waals surface area contributed by atoms with Crippen LogP contribution in [0.15, 0.2) is 0 Å². The summed E-state index contributed by atoms with van der Waals surface area (Å²) in [5, 5.41) is 20.7. The van der Waals surface area contributed by atoms with Crippen LogP contribution in [-0.4, -0.2) is 48.2 Å². The zero-order chi connectivity index (χ0) is 9.73. The van der Waals surface area contributed by atoms with E-state index < -0.39 is 6.10 Å². The maximum absolute atomic E-state index is 9.06. The molecular formula is C9H19NO3. The molecule has 0 aliphatic carbocycles. The van der Waals surface area contributed by atoms with Crippen LogP contribution in [0.5, 0.6) is 0 Å². The smallest absolute Gasteiger partial charge is 0.0894 e. The first-order valence-electron chi connectivity index (χ1n) is 4.80. The number of ether oxygens (including phenoxy) is 1. The monoisotopic (exact) mass is 189 g/mol. The van der Waals surface area contributed by atoms with Gasteiger partial charge in [0.1, 0.15) is 0 Å². The molecule has 4 heteroatoms. The van der Waals surface area contributed by atoms with Gasteiger partial charge in [-0.15, -0.1) is 0 Å². The fraction of sp³-hybridized carbons (Fsp3) is 1.00. The minimum atomic E-state index is -0.662. The Morgan fingerprint density at radius 2 is 2.38 bits per heavy atom. The molecule has 3 N–H and O–H groups in total. The van der Waals surface area contributed by atoms with Gasteiger partial charge in [-0.2, -0.15) is 0 Å². The number of nitrogens with one attached hydrogen (secondary N) is 1. The average molecular weight is 189 g/mol. The lowest BCUT2D eigenvalue weighted by Crippen LogP contribution is -2.41. The van der Waals surface area contributed by atoms with Crippen molar-refractivity contribution in [2.45, 2.75) is 31.5 Å². The van der Waals surface area contributed by atoms with Crippen LogP contribution in [0.25, 0.3) is 0 Å². The summed E-state index contributed by atoms with van der Waals surface area (Å²) in [6.45, 7) is 3.88. The van der Waals surface area contributed by atoms with Gasteiger partial charge in [-0.1, -0.05) is 0 Å². The summed E-state index contributed by atoms with van der Waals surface area (Å²) in [5.74, 6) is 0. The number of hydrogen-bond acceptors (Lipinski definition) is 4. The SMILES string of the molecule is CC1(CNC[C@H](O)CO)CCCO1. The van der Waals surface area contributed by atoms with Crippen molar-refractivity contribution in [2.75, 3.05) is 26.3 Å². The molecule has 0 spiro atoms. The Morgan fingerprint density at radius 1 is 1.62 bits per heavy atom. The molecule has 1 saturated heterocycles. The Bertz CT molecular complexity index is 146. The normalized spacial score (nSPS) is 30.7. The molecule has 1 fully saturated rings. The number of aliphatic hydroxyl groups excluding tert-OH is 2. The summed E-state index contributed by atoms with van der Waals surface area (Å²) in [4.78, 5) is 0. The van der Waals surface area contributed by atoms with Crippen molar-refractivity contribution in [3.05, 3.63) is 0 Å². The van der Waals surface area contributed by atoms with E-state index in [2.05, 4.69) is 12.2 Å². The van der Waals surface area contributed by atoms with Crippen molar-refractivity contribution in [3.8, 4) is 0 Å². The Balaban J connectivity index is 2.11. The van der Waals surface area contributed by atoms with E-state index in [1.165, 1.54) is 0 Å². The summed E-state index contributed by atoms with van der Waals surface area (Å²) in [6, 6.07) is 0. The van der Waals surface area contributed by atoms with Gasteiger partial charge in [-0.05, 0) is 19.8 Å². The Morgan fingerprint density at radius 3 is 2.92 bits per heavy atom. The van der Waals surface area contributed by atoms with Crippen molar-refractivity contribution in [3.63, 3.8) is 0 Å². The lowest BCUT2D eigenvalue weighted by atomic mass is 10.0. The summed E-state index contributed by atoms with van der Waals surface area (Å²) >= 11 is 0. The van der Waals surface area contributed by atoms with Crippen molar-refractivity contribution < 1.29 is 14.9 Å². The van der Waals surface area contributed by atoms with Gasteiger partial charge in [0.15, 0.2) is 0 Å². The first-order chi connectivity index (χ1) is 6.16. The van der Waals surface area contributed by atoms with Crippen LogP contribution in [0.1, 0.15) is 19.8 Å². The fourth-order valence-corrected chi connectivity index (χ4v) is 1.54. The highest BCUT2D eigenvalue weighted by molar-refractivity contribution is 4.82. The molecular weight excluding hydrogens is 170 g/mol. The van der Waals surface area contributed by atoms with Crippen molar-refractivity contribution >= 4 is 0 Å². The minimum Gasteiger partial charge on any atom is -0.394 e. The second-order valence-electron chi connectivity index (χ2n) is 3.87. The predicted molar refractivity (Wildman–Crippen MR) is 49.6 cm³/mol. The van der Waals surface area contributed by atoms with Crippen LogP contribution >= 0.6 is 0 Å². The maximum atomic E-state index is 9.06. The van der Waals surface area contributed by atoms with E-state index in [0.29, 0.717) is 6.54 Å². The van der Waals surface area contributed by atoms with Crippen molar-refractivity contribution in [1.29, 1.82) is 0 Å². The van der Waals surface area contributed by atoms with Crippen molar-refractivity contribution in [1.82, 2.24) is 5.32 Å². The average Bonchev–Trinajstić information content (AvgIpc) is 2.52. The van der Waals surface area contributed by atoms with Crippen LogP contribution in [0.3, 0.4) is 0 Å². The highest BCUT2D eigenvalue weighted by Crippen LogP contribution is 2.23. The van der Waals surface area contributed by atoms with Gasteiger partial charge < -0.3 is 20.3 Å².